The molecule has 202 valence electrons. The summed E-state index contributed by atoms with van der Waals surface area (Å²) in [6.45, 7) is 0.588. The molecule has 0 fully saturated rings. The summed E-state index contributed by atoms with van der Waals surface area (Å²) in [5, 5.41) is 5.47. The van der Waals surface area contributed by atoms with Gasteiger partial charge in [0.1, 0.15) is 11.6 Å². The van der Waals surface area contributed by atoms with E-state index in [1.807, 2.05) is 54.2 Å². The maximum atomic E-state index is 13.9. The summed E-state index contributed by atoms with van der Waals surface area (Å²) in [4.78, 5) is 24.8. The van der Waals surface area contributed by atoms with Crippen molar-refractivity contribution in [1.29, 1.82) is 0 Å². The normalized spacial score (nSPS) is 11.6. The lowest BCUT2D eigenvalue weighted by molar-refractivity contribution is 0.100. The molecule has 3 heterocycles. The van der Waals surface area contributed by atoms with E-state index in [1.54, 1.807) is 18.5 Å². The van der Waals surface area contributed by atoms with Crippen molar-refractivity contribution in [3.05, 3.63) is 108 Å². The van der Waals surface area contributed by atoms with E-state index in [0.717, 1.165) is 44.3 Å². The Bertz CT molecular complexity index is 2100. The maximum Gasteiger partial charge on any atom is 0.250 e. The highest BCUT2D eigenvalue weighted by atomic mass is 19.1. The summed E-state index contributed by atoms with van der Waals surface area (Å²) in [6.07, 6.45) is 4.44. The van der Waals surface area contributed by atoms with Gasteiger partial charge in [0.05, 0.1) is 39.7 Å². The summed E-state index contributed by atoms with van der Waals surface area (Å²) in [6, 6.07) is 24.4. The van der Waals surface area contributed by atoms with Crippen LogP contribution in [0.5, 0.6) is 0 Å². The highest BCUT2D eigenvalue weighted by Gasteiger charge is 2.19. The molecule has 0 spiro atoms. The number of nitrogens with zero attached hydrogens (tertiary/aromatic N) is 4. The van der Waals surface area contributed by atoms with E-state index < -0.39 is 5.91 Å². The molecule has 0 atom stereocenters. The first-order valence-corrected chi connectivity index (χ1v) is 13.3. The zero-order valence-electron chi connectivity index (χ0n) is 22.2. The number of aryl methyl sites for hydroxylation is 1. The molecule has 0 radical (unpaired) electrons. The average molecular weight is 544 g/mol. The van der Waals surface area contributed by atoms with Crippen molar-refractivity contribution in [3.8, 4) is 17.1 Å². The molecule has 4 aromatic carbocycles. The molecule has 9 heteroatoms. The Balaban J connectivity index is 1.37. The van der Waals surface area contributed by atoms with Crippen LogP contribution in [0.15, 0.2) is 91.4 Å². The third-order valence-electron chi connectivity index (χ3n) is 7.38. The van der Waals surface area contributed by atoms with Gasteiger partial charge in [0.15, 0.2) is 0 Å². The lowest BCUT2D eigenvalue weighted by Gasteiger charge is -2.14. The van der Waals surface area contributed by atoms with Crippen molar-refractivity contribution >= 4 is 44.4 Å². The van der Waals surface area contributed by atoms with E-state index >= 15 is 0 Å². The van der Waals surface area contributed by atoms with Crippen LogP contribution in [0.4, 0.5) is 10.1 Å². The predicted octanol–water partition coefficient (Wildman–Crippen LogP) is 5.95. The fraction of sp³-hybridized carbons (Fsp3) is 0.0938. The number of amides is 1. The zero-order valence-corrected chi connectivity index (χ0v) is 22.2. The van der Waals surface area contributed by atoms with Gasteiger partial charge in [-0.15, -0.1) is 0 Å². The highest BCUT2D eigenvalue weighted by Crippen LogP contribution is 2.38. The van der Waals surface area contributed by atoms with Crippen LogP contribution in [0, 0.1) is 5.82 Å². The van der Waals surface area contributed by atoms with Gasteiger partial charge in [-0.05, 0) is 42.5 Å². The molecule has 0 bridgehead atoms. The molecule has 0 saturated carbocycles. The van der Waals surface area contributed by atoms with Crippen molar-refractivity contribution in [2.45, 2.75) is 6.42 Å². The summed E-state index contributed by atoms with van der Waals surface area (Å²) >= 11 is 0. The first-order chi connectivity index (χ1) is 20.0. The molecule has 3 aromatic heterocycles. The number of fused-ring (bicyclic) bond motifs is 4. The van der Waals surface area contributed by atoms with Gasteiger partial charge in [-0.2, -0.15) is 0 Å². The van der Waals surface area contributed by atoms with Crippen molar-refractivity contribution in [2.24, 2.45) is 12.8 Å². The number of halogens is 1. The Morgan fingerprint density at radius 3 is 2.71 bits per heavy atom. The fourth-order valence-corrected chi connectivity index (χ4v) is 5.56. The number of anilines is 1. The number of carbonyl (C=O) groups is 1. The number of primary amides is 1. The van der Waals surface area contributed by atoms with Gasteiger partial charge in [-0.1, -0.05) is 30.3 Å². The molecule has 0 aliphatic heterocycles. The van der Waals surface area contributed by atoms with E-state index in [9.17, 15) is 9.18 Å². The van der Waals surface area contributed by atoms with Gasteiger partial charge in [-0.3, -0.25) is 4.79 Å². The molecule has 0 unspecified atom stereocenters. The lowest BCUT2D eigenvalue weighted by atomic mass is 10.1. The number of para-hydroxylation sites is 1. The summed E-state index contributed by atoms with van der Waals surface area (Å²) in [5.41, 5.74) is 12.9. The van der Waals surface area contributed by atoms with Gasteiger partial charge in [0.25, 0.3) is 5.91 Å². The Morgan fingerprint density at radius 1 is 1.02 bits per heavy atom. The second-order valence-corrected chi connectivity index (χ2v) is 10.1. The number of nitrogens with two attached hydrogens (primary N) is 1. The minimum absolute atomic E-state index is 0.325. The number of hydrogen-bond acceptors (Lipinski definition) is 4. The molecule has 7 aromatic rings. The third-order valence-corrected chi connectivity index (χ3v) is 7.38. The quantitative estimate of drug-likeness (QED) is 0.231. The van der Waals surface area contributed by atoms with Crippen molar-refractivity contribution in [3.63, 3.8) is 0 Å². The van der Waals surface area contributed by atoms with Crippen LogP contribution >= 0.6 is 0 Å². The Kier molecular flexibility index (Phi) is 5.78. The van der Waals surface area contributed by atoms with E-state index in [-0.39, 0.29) is 5.82 Å². The summed E-state index contributed by atoms with van der Waals surface area (Å²) in [5.74, 6) is -0.156. The fourth-order valence-electron chi connectivity index (χ4n) is 5.56. The number of aromatic nitrogens is 5. The van der Waals surface area contributed by atoms with Crippen LogP contribution in [-0.2, 0) is 13.5 Å². The standard InChI is InChI=1S/C32H26FN7O/c1-39-17-20(36-18-39)13-14-35-26-16-21(10-11-22(26)31(34)41)40-28-7-3-2-5-23(28)30-24(6-4-8-29(30)40)32-37-25-12-9-19(33)15-27(25)38-32/h2-12,15-18,35H,13-14H2,1H3,(H2,34,41)(H,37,38). The SMILES string of the molecule is Cn1cnc(CCNc2cc(-n3c4ccccc4c4c(-c5nc6cc(F)ccc6[nH]5)cccc43)ccc2C(N)=O)c1. The molecule has 0 aliphatic carbocycles. The van der Waals surface area contributed by atoms with E-state index in [0.29, 0.717) is 35.6 Å². The van der Waals surface area contributed by atoms with Gasteiger partial charge in [0.2, 0.25) is 0 Å². The van der Waals surface area contributed by atoms with Crippen LogP contribution in [-0.4, -0.2) is 36.5 Å². The number of benzene rings is 4. The first kappa shape index (κ1) is 24.6. The van der Waals surface area contributed by atoms with Crippen LogP contribution in [0.3, 0.4) is 0 Å². The highest BCUT2D eigenvalue weighted by molar-refractivity contribution is 6.15. The number of H-pyrrole nitrogens is 1. The second kappa shape index (κ2) is 9.63. The second-order valence-electron chi connectivity index (χ2n) is 10.1. The number of imidazole rings is 2. The van der Waals surface area contributed by atoms with Gasteiger partial charge >= 0.3 is 0 Å². The molecule has 0 aliphatic rings. The molecular formula is C32H26FN7O. The monoisotopic (exact) mass is 543 g/mol. The van der Waals surface area contributed by atoms with Gasteiger partial charge < -0.3 is 25.2 Å². The molecule has 4 N–H and O–H groups in total. The predicted molar refractivity (Wildman–Crippen MR) is 160 cm³/mol. The van der Waals surface area contributed by atoms with Gasteiger partial charge in [0, 0.05) is 60.0 Å². The van der Waals surface area contributed by atoms with Crippen molar-refractivity contribution in [2.75, 3.05) is 11.9 Å². The number of hydrogen-bond donors (Lipinski definition) is 3. The average Bonchev–Trinajstić information content (AvgIpc) is 3.67. The van der Waals surface area contributed by atoms with Crippen LogP contribution < -0.4 is 11.1 Å². The van der Waals surface area contributed by atoms with Crippen LogP contribution in [0.1, 0.15) is 16.1 Å². The molecule has 7 rings (SSSR count). The van der Waals surface area contributed by atoms with Crippen molar-refractivity contribution < 1.29 is 9.18 Å². The lowest BCUT2D eigenvalue weighted by Crippen LogP contribution is -2.16. The molecule has 1 amide bonds. The molecular weight excluding hydrogens is 517 g/mol. The van der Waals surface area contributed by atoms with Gasteiger partial charge in [-0.25, -0.2) is 14.4 Å². The number of rotatable bonds is 7. The molecule has 8 nitrogen and oxygen atoms in total. The zero-order chi connectivity index (χ0) is 28.1. The minimum Gasteiger partial charge on any atom is -0.384 e. The Labute approximate surface area is 234 Å². The largest absolute Gasteiger partial charge is 0.384 e. The Morgan fingerprint density at radius 2 is 1.88 bits per heavy atom. The van der Waals surface area contributed by atoms with Crippen LogP contribution in [0.2, 0.25) is 0 Å². The third kappa shape index (κ3) is 4.28. The summed E-state index contributed by atoms with van der Waals surface area (Å²) < 4.78 is 18.0. The smallest absolute Gasteiger partial charge is 0.250 e. The van der Waals surface area contributed by atoms with Crippen LogP contribution in [0.25, 0.3) is 49.9 Å². The Hall–Kier alpha value is -5.44. The first-order valence-electron chi connectivity index (χ1n) is 13.3. The maximum absolute atomic E-state index is 13.9. The molecule has 0 saturated heterocycles. The van der Waals surface area contributed by atoms with Crippen molar-refractivity contribution in [1.82, 2.24) is 24.1 Å². The van der Waals surface area contributed by atoms with E-state index in [4.69, 9.17) is 10.7 Å². The summed E-state index contributed by atoms with van der Waals surface area (Å²) in [7, 11) is 1.93. The molecule has 41 heavy (non-hydrogen) atoms. The van der Waals surface area contributed by atoms with E-state index in [1.165, 1.54) is 12.1 Å². The number of carbonyl (C=O) groups excluding carboxylic acids is 1. The van der Waals surface area contributed by atoms with E-state index in [2.05, 4.69) is 38.1 Å². The number of aromatic amines is 1. The minimum atomic E-state index is -0.497. The number of nitrogens with one attached hydrogen (secondary N) is 2. The topological polar surface area (TPSA) is 107 Å².